The van der Waals surface area contributed by atoms with Crippen molar-refractivity contribution in [2.24, 2.45) is 5.73 Å². The molecule has 1 aliphatic rings. The van der Waals surface area contributed by atoms with E-state index in [2.05, 4.69) is 6.92 Å². The van der Waals surface area contributed by atoms with E-state index in [0.29, 0.717) is 5.56 Å². The highest BCUT2D eigenvalue weighted by molar-refractivity contribution is 5.95. The molecule has 0 saturated carbocycles. The van der Waals surface area contributed by atoms with E-state index in [1.165, 1.54) is 23.1 Å². The standard InChI is InChI=1S/C12H15NO/c1-7-6-11(12(13)14)8(2)10-5-3-4-9(7)10/h6H,3-5H2,1-2H3,(H2,13,14). The number of carbonyl (C=O) groups is 1. The zero-order valence-corrected chi connectivity index (χ0v) is 8.68. The molecule has 0 aliphatic heterocycles. The van der Waals surface area contributed by atoms with Crippen LogP contribution in [0.2, 0.25) is 0 Å². The summed E-state index contributed by atoms with van der Waals surface area (Å²) in [5, 5.41) is 0. The third-order valence-corrected chi connectivity index (χ3v) is 3.18. The Hall–Kier alpha value is -1.31. The molecule has 0 aromatic heterocycles. The SMILES string of the molecule is Cc1cc(C(N)=O)c(C)c2c1CCC2. The Bertz CT molecular complexity index is 407. The van der Waals surface area contributed by atoms with Gasteiger partial charge in [-0.15, -0.1) is 0 Å². The summed E-state index contributed by atoms with van der Waals surface area (Å²) >= 11 is 0. The van der Waals surface area contributed by atoms with E-state index < -0.39 is 0 Å². The molecule has 1 amide bonds. The second-order valence-corrected chi connectivity index (χ2v) is 4.04. The highest BCUT2D eigenvalue weighted by atomic mass is 16.1. The molecule has 0 radical (unpaired) electrons. The van der Waals surface area contributed by atoms with E-state index in [4.69, 9.17) is 5.73 Å². The predicted molar refractivity (Wildman–Crippen MR) is 56.5 cm³/mol. The van der Waals surface area contributed by atoms with Gasteiger partial charge in [0.05, 0.1) is 0 Å². The quantitative estimate of drug-likeness (QED) is 0.720. The summed E-state index contributed by atoms with van der Waals surface area (Å²) in [6.07, 6.45) is 3.46. The van der Waals surface area contributed by atoms with Crippen LogP contribution in [-0.4, -0.2) is 5.91 Å². The molecule has 74 valence electrons. The Morgan fingerprint density at radius 3 is 2.57 bits per heavy atom. The van der Waals surface area contributed by atoms with Crippen molar-refractivity contribution in [3.8, 4) is 0 Å². The lowest BCUT2D eigenvalue weighted by Gasteiger charge is -2.11. The lowest BCUT2D eigenvalue weighted by molar-refractivity contribution is 0.0999. The largest absolute Gasteiger partial charge is 0.366 e. The number of hydrogen-bond donors (Lipinski definition) is 1. The van der Waals surface area contributed by atoms with Gasteiger partial charge in [0.25, 0.3) is 0 Å². The van der Waals surface area contributed by atoms with Gasteiger partial charge >= 0.3 is 0 Å². The number of benzene rings is 1. The van der Waals surface area contributed by atoms with Gasteiger partial charge in [-0.1, -0.05) is 0 Å². The van der Waals surface area contributed by atoms with Gasteiger partial charge in [0.15, 0.2) is 0 Å². The summed E-state index contributed by atoms with van der Waals surface area (Å²) in [5.74, 6) is -0.305. The monoisotopic (exact) mass is 189 g/mol. The molecule has 1 aromatic rings. The molecular weight excluding hydrogens is 174 g/mol. The van der Waals surface area contributed by atoms with Crippen molar-refractivity contribution in [2.75, 3.05) is 0 Å². The first-order chi connectivity index (χ1) is 6.61. The van der Waals surface area contributed by atoms with Crippen LogP contribution < -0.4 is 5.73 Å². The highest BCUT2D eigenvalue weighted by Gasteiger charge is 2.19. The number of nitrogens with two attached hydrogens (primary N) is 1. The maximum Gasteiger partial charge on any atom is 0.248 e. The number of carbonyl (C=O) groups excluding carboxylic acids is 1. The number of aryl methyl sites for hydroxylation is 1. The predicted octanol–water partition coefficient (Wildman–Crippen LogP) is 1.89. The van der Waals surface area contributed by atoms with Gasteiger partial charge in [0.2, 0.25) is 5.91 Å². The minimum Gasteiger partial charge on any atom is -0.366 e. The summed E-state index contributed by atoms with van der Waals surface area (Å²) in [7, 11) is 0. The van der Waals surface area contributed by atoms with Crippen molar-refractivity contribution < 1.29 is 4.79 Å². The molecule has 0 heterocycles. The second-order valence-electron chi connectivity index (χ2n) is 4.04. The molecule has 0 spiro atoms. The van der Waals surface area contributed by atoms with E-state index in [1.54, 1.807) is 0 Å². The zero-order valence-electron chi connectivity index (χ0n) is 8.68. The van der Waals surface area contributed by atoms with Gasteiger partial charge < -0.3 is 5.73 Å². The number of amides is 1. The first-order valence-corrected chi connectivity index (χ1v) is 5.03. The average Bonchev–Trinajstić information content (AvgIpc) is 2.59. The van der Waals surface area contributed by atoms with Crippen LogP contribution in [0.25, 0.3) is 0 Å². The average molecular weight is 189 g/mol. The zero-order chi connectivity index (χ0) is 10.3. The van der Waals surface area contributed by atoms with E-state index in [9.17, 15) is 4.79 Å². The molecule has 1 aliphatic carbocycles. The third-order valence-electron chi connectivity index (χ3n) is 3.18. The first-order valence-electron chi connectivity index (χ1n) is 5.03. The van der Waals surface area contributed by atoms with Crippen molar-refractivity contribution in [3.63, 3.8) is 0 Å². The van der Waals surface area contributed by atoms with Crippen molar-refractivity contribution in [1.29, 1.82) is 0 Å². The second kappa shape index (κ2) is 3.12. The number of primary amides is 1. The van der Waals surface area contributed by atoms with Crippen molar-refractivity contribution >= 4 is 5.91 Å². The summed E-state index contributed by atoms with van der Waals surface area (Å²) < 4.78 is 0. The van der Waals surface area contributed by atoms with Crippen molar-refractivity contribution in [3.05, 3.63) is 33.9 Å². The molecule has 1 aromatic carbocycles. The summed E-state index contributed by atoms with van der Waals surface area (Å²) in [4.78, 5) is 11.2. The number of fused-ring (bicyclic) bond motifs is 1. The van der Waals surface area contributed by atoms with Crippen LogP contribution in [0.3, 0.4) is 0 Å². The van der Waals surface area contributed by atoms with Crippen LogP contribution in [0.5, 0.6) is 0 Å². The number of hydrogen-bond acceptors (Lipinski definition) is 1. The minimum atomic E-state index is -0.305. The first kappa shape index (κ1) is 9.25. The summed E-state index contributed by atoms with van der Waals surface area (Å²) in [6, 6.07) is 1.93. The maximum atomic E-state index is 11.2. The fourth-order valence-corrected chi connectivity index (χ4v) is 2.42. The van der Waals surface area contributed by atoms with Crippen LogP contribution >= 0.6 is 0 Å². The smallest absolute Gasteiger partial charge is 0.248 e. The molecule has 0 atom stereocenters. The lowest BCUT2D eigenvalue weighted by atomic mass is 9.94. The fourth-order valence-electron chi connectivity index (χ4n) is 2.42. The molecular formula is C12H15NO. The Balaban J connectivity index is 2.68. The van der Waals surface area contributed by atoms with E-state index in [-0.39, 0.29) is 5.91 Å². The molecule has 0 saturated heterocycles. The highest BCUT2D eigenvalue weighted by Crippen LogP contribution is 2.30. The number of rotatable bonds is 1. The molecule has 14 heavy (non-hydrogen) atoms. The van der Waals surface area contributed by atoms with E-state index in [0.717, 1.165) is 18.4 Å². The summed E-state index contributed by atoms with van der Waals surface area (Å²) in [5.41, 5.74) is 11.1. The fraction of sp³-hybridized carbons (Fsp3) is 0.417. The minimum absolute atomic E-state index is 0.305. The molecule has 0 fully saturated rings. The van der Waals surface area contributed by atoms with E-state index >= 15 is 0 Å². The maximum absolute atomic E-state index is 11.2. The van der Waals surface area contributed by atoms with Gasteiger partial charge in [-0.05, 0) is 61.4 Å². The van der Waals surface area contributed by atoms with E-state index in [1.807, 2.05) is 13.0 Å². The molecule has 2 heteroatoms. The van der Waals surface area contributed by atoms with Crippen molar-refractivity contribution in [2.45, 2.75) is 33.1 Å². The molecule has 0 unspecified atom stereocenters. The lowest BCUT2D eigenvalue weighted by Crippen LogP contribution is -2.14. The van der Waals surface area contributed by atoms with Gasteiger partial charge in [-0.3, -0.25) is 4.79 Å². The van der Waals surface area contributed by atoms with Gasteiger partial charge in [0, 0.05) is 5.56 Å². The summed E-state index contributed by atoms with van der Waals surface area (Å²) in [6.45, 7) is 4.07. The Kier molecular flexibility index (Phi) is 2.06. The molecule has 0 bridgehead atoms. The van der Waals surface area contributed by atoms with Gasteiger partial charge in [-0.25, -0.2) is 0 Å². The van der Waals surface area contributed by atoms with Crippen LogP contribution in [0.1, 0.15) is 39.0 Å². The van der Waals surface area contributed by atoms with Crippen LogP contribution in [0.15, 0.2) is 6.07 Å². The van der Waals surface area contributed by atoms with Gasteiger partial charge in [-0.2, -0.15) is 0 Å². The van der Waals surface area contributed by atoms with Crippen LogP contribution in [0.4, 0.5) is 0 Å². The molecule has 2 rings (SSSR count). The normalized spacial score (nSPS) is 14.1. The van der Waals surface area contributed by atoms with Crippen molar-refractivity contribution in [1.82, 2.24) is 0 Å². The Labute approximate surface area is 84.1 Å². The third kappa shape index (κ3) is 1.22. The van der Waals surface area contributed by atoms with Crippen LogP contribution in [-0.2, 0) is 12.8 Å². The Morgan fingerprint density at radius 1 is 1.29 bits per heavy atom. The molecule has 2 nitrogen and oxygen atoms in total. The van der Waals surface area contributed by atoms with Gasteiger partial charge in [0.1, 0.15) is 0 Å². The topological polar surface area (TPSA) is 43.1 Å². The molecule has 2 N–H and O–H groups in total. The Morgan fingerprint density at radius 2 is 1.93 bits per heavy atom. The van der Waals surface area contributed by atoms with Crippen LogP contribution in [0, 0.1) is 13.8 Å².